The van der Waals surface area contributed by atoms with Crippen LogP contribution in [0.2, 0.25) is 0 Å². The molecule has 6 heteroatoms. The van der Waals surface area contributed by atoms with Gasteiger partial charge in [-0.2, -0.15) is 0 Å². The van der Waals surface area contributed by atoms with E-state index in [1.165, 1.54) is 0 Å². The van der Waals surface area contributed by atoms with Crippen molar-refractivity contribution in [2.24, 2.45) is 16.8 Å². The zero-order chi connectivity index (χ0) is 15.0. The van der Waals surface area contributed by atoms with E-state index in [4.69, 9.17) is 15.7 Å². The fraction of sp³-hybridized carbons (Fsp3) is 0.429. The molecule has 1 amide bonds. The molecule has 0 bridgehead atoms. The van der Waals surface area contributed by atoms with Crippen LogP contribution in [0.25, 0.3) is 0 Å². The summed E-state index contributed by atoms with van der Waals surface area (Å²) in [6.07, 6.45) is 1.14. The third-order valence-electron chi connectivity index (χ3n) is 3.08. The van der Waals surface area contributed by atoms with Gasteiger partial charge in [0.25, 0.3) is 0 Å². The van der Waals surface area contributed by atoms with Crippen LogP contribution in [0, 0.1) is 5.92 Å². The first-order valence-electron chi connectivity index (χ1n) is 6.51. The van der Waals surface area contributed by atoms with E-state index in [2.05, 4.69) is 10.5 Å². The van der Waals surface area contributed by atoms with Crippen molar-refractivity contribution in [3.63, 3.8) is 0 Å². The summed E-state index contributed by atoms with van der Waals surface area (Å²) in [6, 6.07) is 7.64. The number of rotatable bonds is 7. The van der Waals surface area contributed by atoms with E-state index in [0.717, 1.165) is 11.3 Å². The van der Waals surface area contributed by atoms with E-state index in [1.807, 2.05) is 31.2 Å². The number of hydrogen-bond donors (Lipinski definition) is 3. The second kappa shape index (κ2) is 8.04. The van der Waals surface area contributed by atoms with Crippen molar-refractivity contribution in [2.45, 2.75) is 19.8 Å². The molecule has 1 atom stereocenters. The van der Waals surface area contributed by atoms with Gasteiger partial charge in [-0.05, 0) is 24.5 Å². The number of amidine groups is 1. The van der Waals surface area contributed by atoms with E-state index in [1.54, 1.807) is 7.11 Å². The molecule has 0 aromatic heterocycles. The minimum Gasteiger partial charge on any atom is -0.496 e. The third kappa shape index (κ3) is 4.15. The normalized spacial score (nSPS) is 12.8. The maximum absolute atomic E-state index is 11.9. The second-order valence-corrected chi connectivity index (χ2v) is 4.34. The van der Waals surface area contributed by atoms with Crippen molar-refractivity contribution in [3.05, 3.63) is 29.8 Å². The standard InChI is InChI=1S/C14H21N3O3/c1-3-11(13(15)17-19)14(18)16-9-8-10-6-4-5-7-12(10)20-2/h4-7,11,19H,3,8-9H2,1-2H3,(H2,15,17)(H,16,18). The lowest BCUT2D eigenvalue weighted by Crippen LogP contribution is -2.39. The molecule has 0 saturated carbocycles. The Morgan fingerprint density at radius 1 is 1.50 bits per heavy atom. The predicted octanol–water partition coefficient (Wildman–Crippen LogP) is 1.13. The molecule has 0 aliphatic rings. The summed E-state index contributed by atoms with van der Waals surface area (Å²) < 4.78 is 5.24. The highest BCUT2D eigenvalue weighted by Gasteiger charge is 2.20. The van der Waals surface area contributed by atoms with E-state index in [-0.39, 0.29) is 11.7 Å². The minimum atomic E-state index is -0.599. The highest BCUT2D eigenvalue weighted by Crippen LogP contribution is 2.17. The van der Waals surface area contributed by atoms with Crippen LogP contribution in [0.4, 0.5) is 0 Å². The van der Waals surface area contributed by atoms with Crippen LogP contribution >= 0.6 is 0 Å². The lowest BCUT2D eigenvalue weighted by atomic mass is 10.0. The number of nitrogens with one attached hydrogen (secondary N) is 1. The first kappa shape index (κ1) is 15.8. The molecule has 6 nitrogen and oxygen atoms in total. The van der Waals surface area contributed by atoms with Crippen molar-refractivity contribution in [1.29, 1.82) is 0 Å². The predicted molar refractivity (Wildman–Crippen MR) is 76.9 cm³/mol. The van der Waals surface area contributed by atoms with Crippen molar-refractivity contribution < 1.29 is 14.7 Å². The zero-order valence-corrected chi connectivity index (χ0v) is 11.8. The van der Waals surface area contributed by atoms with Gasteiger partial charge >= 0.3 is 0 Å². The number of carbonyl (C=O) groups excluding carboxylic acids is 1. The van der Waals surface area contributed by atoms with Crippen LogP contribution in [0.1, 0.15) is 18.9 Å². The molecule has 0 aliphatic heterocycles. The number of para-hydroxylation sites is 1. The minimum absolute atomic E-state index is 0.0673. The lowest BCUT2D eigenvalue weighted by Gasteiger charge is -2.14. The smallest absolute Gasteiger partial charge is 0.230 e. The van der Waals surface area contributed by atoms with Crippen molar-refractivity contribution in [1.82, 2.24) is 5.32 Å². The number of oxime groups is 1. The molecule has 1 rings (SSSR count). The summed E-state index contributed by atoms with van der Waals surface area (Å²) in [5.41, 5.74) is 6.50. The largest absolute Gasteiger partial charge is 0.496 e. The fourth-order valence-corrected chi connectivity index (χ4v) is 1.95. The molecule has 1 aromatic carbocycles. The lowest BCUT2D eigenvalue weighted by molar-refractivity contribution is -0.123. The van der Waals surface area contributed by atoms with Gasteiger partial charge in [0.15, 0.2) is 5.84 Å². The van der Waals surface area contributed by atoms with Crippen LogP contribution in [-0.2, 0) is 11.2 Å². The molecule has 20 heavy (non-hydrogen) atoms. The summed E-state index contributed by atoms with van der Waals surface area (Å²) in [4.78, 5) is 11.9. The van der Waals surface area contributed by atoms with Crippen molar-refractivity contribution >= 4 is 11.7 Å². The Labute approximate surface area is 118 Å². The van der Waals surface area contributed by atoms with Crippen LogP contribution < -0.4 is 15.8 Å². The first-order chi connectivity index (χ1) is 9.63. The molecular weight excluding hydrogens is 258 g/mol. The summed E-state index contributed by atoms with van der Waals surface area (Å²) >= 11 is 0. The van der Waals surface area contributed by atoms with Gasteiger partial charge in [0.2, 0.25) is 5.91 Å². The average molecular weight is 279 g/mol. The molecular formula is C14H21N3O3. The van der Waals surface area contributed by atoms with Crippen LogP contribution in [0.5, 0.6) is 5.75 Å². The van der Waals surface area contributed by atoms with E-state index in [0.29, 0.717) is 19.4 Å². The molecule has 1 unspecified atom stereocenters. The van der Waals surface area contributed by atoms with Gasteiger partial charge in [0.05, 0.1) is 13.0 Å². The Bertz CT molecular complexity index is 474. The van der Waals surface area contributed by atoms with Crippen LogP contribution in [0.15, 0.2) is 29.4 Å². The van der Waals surface area contributed by atoms with E-state index < -0.39 is 5.92 Å². The molecule has 0 fully saturated rings. The zero-order valence-electron chi connectivity index (χ0n) is 11.8. The maximum Gasteiger partial charge on any atom is 0.230 e. The number of hydrogen-bond acceptors (Lipinski definition) is 4. The van der Waals surface area contributed by atoms with Crippen LogP contribution in [0.3, 0.4) is 0 Å². The number of nitrogens with two attached hydrogens (primary N) is 1. The Kier molecular flexibility index (Phi) is 6.36. The van der Waals surface area contributed by atoms with Gasteiger partial charge in [0.1, 0.15) is 5.75 Å². The molecule has 0 aliphatic carbocycles. The fourth-order valence-electron chi connectivity index (χ4n) is 1.95. The summed E-state index contributed by atoms with van der Waals surface area (Å²) in [5, 5.41) is 14.3. The topological polar surface area (TPSA) is 96.9 Å². The molecule has 110 valence electrons. The quantitative estimate of drug-likeness (QED) is 0.301. The number of methoxy groups -OCH3 is 1. The Morgan fingerprint density at radius 3 is 2.80 bits per heavy atom. The van der Waals surface area contributed by atoms with Gasteiger partial charge in [-0.1, -0.05) is 30.3 Å². The summed E-state index contributed by atoms with van der Waals surface area (Å²) in [5.74, 6) is -0.108. The highest BCUT2D eigenvalue weighted by atomic mass is 16.5. The molecule has 0 spiro atoms. The second-order valence-electron chi connectivity index (χ2n) is 4.34. The monoisotopic (exact) mass is 279 g/mol. The third-order valence-corrected chi connectivity index (χ3v) is 3.08. The van der Waals surface area contributed by atoms with Gasteiger partial charge in [-0.15, -0.1) is 0 Å². The highest BCUT2D eigenvalue weighted by molar-refractivity contribution is 6.01. The van der Waals surface area contributed by atoms with Gasteiger partial charge < -0.3 is 21.0 Å². The number of amides is 1. The van der Waals surface area contributed by atoms with Gasteiger partial charge in [-0.25, -0.2) is 0 Å². The molecule has 0 heterocycles. The summed E-state index contributed by atoms with van der Waals surface area (Å²) in [7, 11) is 1.61. The first-order valence-corrected chi connectivity index (χ1v) is 6.51. The number of ether oxygens (including phenoxy) is 1. The van der Waals surface area contributed by atoms with Crippen LogP contribution in [-0.4, -0.2) is 30.6 Å². The van der Waals surface area contributed by atoms with Gasteiger partial charge in [-0.3, -0.25) is 4.79 Å². The number of carbonyl (C=O) groups is 1. The maximum atomic E-state index is 11.9. The SMILES string of the molecule is CCC(C(=O)NCCc1ccccc1OC)/C(N)=N/O. The average Bonchev–Trinajstić information content (AvgIpc) is 2.48. The number of nitrogens with zero attached hydrogens (tertiary/aromatic N) is 1. The molecule has 4 N–H and O–H groups in total. The molecule has 1 aromatic rings. The van der Waals surface area contributed by atoms with Gasteiger partial charge in [0, 0.05) is 6.54 Å². The van der Waals surface area contributed by atoms with Crippen molar-refractivity contribution in [2.75, 3.05) is 13.7 Å². The Hall–Kier alpha value is -2.24. The molecule has 0 saturated heterocycles. The van der Waals surface area contributed by atoms with E-state index in [9.17, 15) is 4.79 Å². The van der Waals surface area contributed by atoms with E-state index >= 15 is 0 Å². The molecule has 0 radical (unpaired) electrons. The number of benzene rings is 1. The summed E-state index contributed by atoms with van der Waals surface area (Å²) in [6.45, 7) is 2.27. The Morgan fingerprint density at radius 2 is 2.20 bits per heavy atom. The van der Waals surface area contributed by atoms with Crippen molar-refractivity contribution in [3.8, 4) is 5.75 Å². The Balaban J connectivity index is 2.53.